The van der Waals surface area contributed by atoms with E-state index in [1.807, 2.05) is 11.8 Å². The fourth-order valence-electron chi connectivity index (χ4n) is 2.82. The Morgan fingerprint density at radius 2 is 2.06 bits per heavy atom. The van der Waals surface area contributed by atoms with Crippen molar-refractivity contribution in [3.05, 3.63) is 0 Å². The van der Waals surface area contributed by atoms with Gasteiger partial charge >= 0.3 is 5.97 Å². The lowest BCUT2D eigenvalue weighted by molar-refractivity contribution is -0.178. The normalized spacial score (nSPS) is 40.6. The molecule has 0 aromatic rings. The molecule has 104 valence electrons. The van der Waals surface area contributed by atoms with Crippen molar-refractivity contribution < 1.29 is 24.9 Å². The standard InChI is InChI=1S/C12H21NO5/c1-2-3-9(15)18-8-6-13-5-4-7(14)10(13)12(17)11(8)16/h7-8,10-12,14,16-17H,2-6H2,1H3/t7-,8-,10-,11?,12+/m0/s1. The first-order valence-electron chi connectivity index (χ1n) is 6.52. The summed E-state index contributed by atoms with van der Waals surface area (Å²) in [5.74, 6) is -0.355. The van der Waals surface area contributed by atoms with Gasteiger partial charge in [-0.15, -0.1) is 0 Å². The average Bonchev–Trinajstić information content (AvgIpc) is 2.67. The molecule has 6 nitrogen and oxygen atoms in total. The van der Waals surface area contributed by atoms with Crippen LogP contribution in [0.25, 0.3) is 0 Å². The molecule has 0 spiro atoms. The van der Waals surface area contributed by atoms with E-state index in [-0.39, 0.29) is 5.97 Å². The molecule has 2 aliphatic rings. The van der Waals surface area contributed by atoms with E-state index in [0.29, 0.717) is 32.4 Å². The quantitative estimate of drug-likeness (QED) is 0.556. The highest BCUT2D eigenvalue weighted by Crippen LogP contribution is 2.29. The Kier molecular flexibility index (Phi) is 4.21. The minimum absolute atomic E-state index is 0.311. The maximum atomic E-state index is 11.4. The van der Waals surface area contributed by atoms with Crippen molar-refractivity contribution in [2.75, 3.05) is 13.1 Å². The summed E-state index contributed by atoms with van der Waals surface area (Å²) in [4.78, 5) is 13.3. The molecule has 0 saturated carbocycles. The summed E-state index contributed by atoms with van der Waals surface area (Å²) in [7, 11) is 0. The molecule has 2 saturated heterocycles. The molecule has 3 N–H and O–H groups in total. The molecule has 0 aromatic heterocycles. The minimum atomic E-state index is -1.13. The molecule has 0 amide bonds. The Morgan fingerprint density at radius 3 is 2.72 bits per heavy atom. The van der Waals surface area contributed by atoms with Crippen LogP contribution in [0.3, 0.4) is 0 Å². The number of hydrogen-bond acceptors (Lipinski definition) is 6. The minimum Gasteiger partial charge on any atom is -0.458 e. The lowest BCUT2D eigenvalue weighted by atomic mass is 9.93. The van der Waals surface area contributed by atoms with E-state index >= 15 is 0 Å². The smallest absolute Gasteiger partial charge is 0.306 e. The maximum absolute atomic E-state index is 11.4. The summed E-state index contributed by atoms with van der Waals surface area (Å²) < 4.78 is 5.19. The van der Waals surface area contributed by atoms with Crippen molar-refractivity contribution in [3.63, 3.8) is 0 Å². The monoisotopic (exact) mass is 259 g/mol. The number of carbonyl (C=O) groups is 1. The third-order valence-electron chi connectivity index (χ3n) is 3.76. The molecule has 0 radical (unpaired) electrons. The SMILES string of the molecule is CCCC(=O)O[C@H]1CN2CC[C@H](O)[C@H]2[C@@H](O)C1O. The number of ether oxygens (including phenoxy) is 1. The molecule has 2 fully saturated rings. The second kappa shape index (κ2) is 5.52. The number of rotatable bonds is 3. The predicted molar refractivity (Wildman–Crippen MR) is 62.8 cm³/mol. The van der Waals surface area contributed by atoms with Crippen molar-refractivity contribution in [1.29, 1.82) is 0 Å². The highest BCUT2D eigenvalue weighted by Gasteiger charge is 2.49. The zero-order chi connectivity index (χ0) is 13.3. The third kappa shape index (κ3) is 2.51. The summed E-state index contributed by atoms with van der Waals surface area (Å²) in [5.41, 5.74) is 0. The Balaban J connectivity index is 2.00. The fraction of sp³-hybridized carbons (Fsp3) is 0.917. The Morgan fingerprint density at radius 1 is 1.33 bits per heavy atom. The average molecular weight is 259 g/mol. The molecule has 2 heterocycles. The summed E-state index contributed by atoms with van der Waals surface area (Å²) >= 11 is 0. The van der Waals surface area contributed by atoms with Crippen LogP contribution in [-0.4, -0.2) is 69.7 Å². The summed E-state index contributed by atoms with van der Waals surface area (Å²) in [6.45, 7) is 2.90. The molecule has 6 heteroatoms. The lowest BCUT2D eigenvalue weighted by Gasteiger charge is -2.42. The van der Waals surface area contributed by atoms with Gasteiger partial charge in [0.15, 0.2) is 0 Å². The second-order valence-corrected chi connectivity index (χ2v) is 5.10. The van der Waals surface area contributed by atoms with Crippen LogP contribution in [0.1, 0.15) is 26.2 Å². The van der Waals surface area contributed by atoms with Gasteiger partial charge in [0, 0.05) is 19.5 Å². The molecule has 0 bridgehead atoms. The molecule has 0 aliphatic carbocycles. The zero-order valence-corrected chi connectivity index (χ0v) is 10.5. The van der Waals surface area contributed by atoms with Crippen LogP contribution in [0.2, 0.25) is 0 Å². The van der Waals surface area contributed by atoms with Gasteiger partial charge in [0.1, 0.15) is 18.3 Å². The van der Waals surface area contributed by atoms with Crippen LogP contribution in [-0.2, 0) is 9.53 Å². The van der Waals surface area contributed by atoms with Crippen molar-refractivity contribution in [1.82, 2.24) is 4.90 Å². The largest absolute Gasteiger partial charge is 0.458 e. The van der Waals surface area contributed by atoms with Gasteiger partial charge in [-0.25, -0.2) is 0 Å². The molecule has 0 aromatic carbocycles. The Bertz CT molecular complexity index is 311. The van der Waals surface area contributed by atoms with Gasteiger partial charge < -0.3 is 20.1 Å². The highest BCUT2D eigenvalue weighted by molar-refractivity contribution is 5.69. The first kappa shape index (κ1) is 13.7. The van der Waals surface area contributed by atoms with Gasteiger partial charge in [-0.2, -0.15) is 0 Å². The number of esters is 1. The number of aliphatic hydroxyl groups is 3. The van der Waals surface area contributed by atoms with E-state index in [1.54, 1.807) is 0 Å². The molecular formula is C12H21NO5. The van der Waals surface area contributed by atoms with Crippen LogP contribution < -0.4 is 0 Å². The molecule has 2 aliphatic heterocycles. The summed E-state index contributed by atoms with van der Waals surface area (Å²) in [6.07, 6.45) is -1.96. The van der Waals surface area contributed by atoms with E-state index in [1.165, 1.54) is 0 Å². The topological polar surface area (TPSA) is 90.2 Å². The van der Waals surface area contributed by atoms with Crippen molar-refractivity contribution in [2.45, 2.75) is 56.6 Å². The van der Waals surface area contributed by atoms with Crippen molar-refractivity contribution >= 4 is 5.97 Å². The lowest BCUT2D eigenvalue weighted by Crippen LogP contribution is -2.62. The molecule has 5 atom stereocenters. The third-order valence-corrected chi connectivity index (χ3v) is 3.76. The van der Waals surface area contributed by atoms with E-state index in [0.717, 1.165) is 0 Å². The van der Waals surface area contributed by atoms with Crippen LogP contribution in [0.4, 0.5) is 0 Å². The first-order valence-corrected chi connectivity index (χ1v) is 6.52. The first-order chi connectivity index (χ1) is 8.54. The number of aliphatic hydroxyl groups excluding tert-OH is 3. The van der Waals surface area contributed by atoms with E-state index in [9.17, 15) is 20.1 Å². The van der Waals surface area contributed by atoms with Crippen LogP contribution >= 0.6 is 0 Å². The summed E-state index contributed by atoms with van der Waals surface area (Å²) in [5, 5.41) is 29.7. The Hall–Kier alpha value is -0.690. The number of fused-ring (bicyclic) bond motifs is 1. The van der Waals surface area contributed by atoms with Gasteiger partial charge in [0.2, 0.25) is 0 Å². The van der Waals surface area contributed by atoms with Gasteiger partial charge in [-0.05, 0) is 12.8 Å². The van der Waals surface area contributed by atoms with Crippen molar-refractivity contribution in [3.8, 4) is 0 Å². The van der Waals surface area contributed by atoms with Gasteiger partial charge in [-0.3, -0.25) is 9.69 Å². The van der Waals surface area contributed by atoms with Gasteiger partial charge in [0.05, 0.1) is 12.1 Å². The van der Waals surface area contributed by atoms with E-state index in [2.05, 4.69) is 0 Å². The number of carbonyl (C=O) groups excluding carboxylic acids is 1. The number of hydrogen-bond donors (Lipinski definition) is 3. The van der Waals surface area contributed by atoms with Crippen molar-refractivity contribution in [2.24, 2.45) is 0 Å². The molecule has 1 unspecified atom stereocenters. The van der Waals surface area contributed by atoms with E-state index in [4.69, 9.17) is 4.74 Å². The molecular weight excluding hydrogens is 238 g/mol. The molecule has 2 rings (SSSR count). The maximum Gasteiger partial charge on any atom is 0.306 e. The van der Waals surface area contributed by atoms with Crippen LogP contribution in [0, 0.1) is 0 Å². The summed E-state index contributed by atoms with van der Waals surface area (Å²) in [6, 6.07) is -0.443. The fourth-order valence-corrected chi connectivity index (χ4v) is 2.82. The van der Waals surface area contributed by atoms with Crippen LogP contribution in [0.15, 0.2) is 0 Å². The Labute approximate surface area is 106 Å². The zero-order valence-electron chi connectivity index (χ0n) is 10.5. The second-order valence-electron chi connectivity index (χ2n) is 5.10. The highest BCUT2D eigenvalue weighted by atomic mass is 16.6. The molecule has 18 heavy (non-hydrogen) atoms. The number of piperidine rings is 1. The predicted octanol–water partition coefficient (Wildman–Crippen LogP) is -1.13. The van der Waals surface area contributed by atoms with Gasteiger partial charge in [0.25, 0.3) is 0 Å². The number of nitrogens with zero attached hydrogens (tertiary/aromatic N) is 1. The van der Waals surface area contributed by atoms with E-state index < -0.39 is 30.5 Å². The van der Waals surface area contributed by atoms with Gasteiger partial charge in [-0.1, -0.05) is 6.92 Å². The van der Waals surface area contributed by atoms with Crippen LogP contribution in [0.5, 0.6) is 0 Å².